The first-order valence-corrected chi connectivity index (χ1v) is 6.72. The number of H-pyrrole nitrogens is 1. The molecule has 0 amide bonds. The minimum atomic E-state index is -4.70. The van der Waals surface area contributed by atoms with E-state index in [1.165, 1.54) is 0 Å². The molecule has 1 aromatic carbocycles. The summed E-state index contributed by atoms with van der Waals surface area (Å²) in [7, 11) is 1.10. The third kappa shape index (κ3) is 3.09. The fourth-order valence-corrected chi connectivity index (χ4v) is 2.49. The molecule has 1 N–H and O–H groups in total. The van der Waals surface area contributed by atoms with E-state index in [0.29, 0.717) is 0 Å². The van der Waals surface area contributed by atoms with Gasteiger partial charge < -0.3 is 9.72 Å². The molecule has 0 saturated heterocycles. The molecule has 0 bridgehead atoms. The highest BCUT2D eigenvalue weighted by molar-refractivity contribution is 9.10. The highest BCUT2D eigenvalue weighted by Crippen LogP contribution is 2.37. The second-order valence-corrected chi connectivity index (χ2v) is 5.21. The summed E-state index contributed by atoms with van der Waals surface area (Å²) in [6.45, 7) is 0. The standard InChI is InChI=1S/C12H6BrClF4N2O2/c1-22-11(21)4-2-5(14)7(6(15)3-4)10-19-8(9(13)20-10)12(16,17)18/h2-3H,1H3,(H,19,20). The molecule has 118 valence electrons. The maximum Gasteiger partial charge on any atom is 0.433 e. The monoisotopic (exact) mass is 400 g/mol. The maximum atomic E-state index is 14.1. The Bertz CT molecular complexity index is 722. The van der Waals surface area contributed by atoms with E-state index in [4.69, 9.17) is 11.6 Å². The van der Waals surface area contributed by atoms with E-state index in [2.05, 4.69) is 25.7 Å². The van der Waals surface area contributed by atoms with Crippen molar-refractivity contribution in [2.24, 2.45) is 0 Å². The summed E-state index contributed by atoms with van der Waals surface area (Å²) in [5.74, 6) is -2.26. The molecule has 0 spiro atoms. The Hall–Kier alpha value is -1.61. The van der Waals surface area contributed by atoms with Crippen molar-refractivity contribution in [1.29, 1.82) is 0 Å². The van der Waals surface area contributed by atoms with Crippen LogP contribution in [0.2, 0.25) is 5.02 Å². The number of hydrogen-bond donors (Lipinski definition) is 1. The normalized spacial score (nSPS) is 11.6. The van der Waals surface area contributed by atoms with Crippen LogP contribution in [-0.2, 0) is 10.9 Å². The van der Waals surface area contributed by atoms with Gasteiger partial charge in [0.15, 0.2) is 5.69 Å². The molecule has 1 heterocycles. The lowest BCUT2D eigenvalue weighted by atomic mass is 10.1. The Morgan fingerprint density at radius 1 is 1.41 bits per heavy atom. The van der Waals surface area contributed by atoms with Crippen LogP contribution < -0.4 is 0 Å². The van der Waals surface area contributed by atoms with Crippen molar-refractivity contribution >= 4 is 33.5 Å². The number of ether oxygens (including phenoxy) is 1. The number of rotatable bonds is 2. The quantitative estimate of drug-likeness (QED) is 0.598. The fourth-order valence-electron chi connectivity index (χ4n) is 1.69. The zero-order chi connectivity index (χ0) is 16.7. The molecule has 0 unspecified atom stereocenters. The van der Waals surface area contributed by atoms with Crippen LogP contribution in [0, 0.1) is 5.82 Å². The number of imidazole rings is 1. The molecule has 0 atom stereocenters. The molecule has 0 aliphatic carbocycles. The van der Waals surface area contributed by atoms with Crippen molar-refractivity contribution in [2.75, 3.05) is 7.11 Å². The number of halogens is 6. The smallest absolute Gasteiger partial charge is 0.433 e. The van der Waals surface area contributed by atoms with Gasteiger partial charge in [-0.05, 0) is 28.1 Å². The molecule has 0 saturated carbocycles. The van der Waals surface area contributed by atoms with Crippen LogP contribution in [-0.4, -0.2) is 23.0 Å². The number of benzene rings is 1. The van der Waals surface area contributed by atoms with Gasteiger partial charge in [0.05, 0.1) is 23.3 Å². The van der Waals surface area contributed by atoms with Gasteiger partial charge in [-0.2, -0.15) is 13.2 Å². The molecule has 1 aromatic heterocycles. The third-order valence-corrected chi connectivity index (χ3v) is 3.52. The van der Waals surface area contributed by atoms with Crippen LogP contribution in [0.15, 0.2) is 16.7 Å². The number of hydrogen-bond acceptors (Lipinski definition) is 3. The summed E-state index contributed by atoms with van der Waals surface area (Å²) < 4.78 is 56.1. The molecule has 0 aliphatic heterocycles. The number of nitrogens with zero attached hydrogens (tertiary/aromatic N) is 1. The zero-order valence-electron chi connectivity index (χ0n) is 10.7. The van der Waals surface area contributed by atoms with Crippen LogP contribution in [0.25, 0.3) is 11.4 Å². The number of aromatic amines is 1. The van der Waals surface area contributed by atoms with Crippen LogP contribution in [0.3, 0.4) is 0 Å². The Morgan fingerprint density at radius 2 is 2.05 bits per heavy atom. The number of carbonyl (C=O) groups is 1. The first kappa shape index (κ1) is 16.8. The average molecular weight is 402 g/mol. The third-order valence-electron chi connectivity index (χ3n) is 2.64. The number of alkyl halides is 3. The summed E-state index contributed by atoms with van der Waals surface area (Å²) in [6.07, 6.45) is -4.70. The highest BCUT2D eigenvalue weighted by atomic mass is 79.9. The molecule has 2 rings (SSSR count). The minimum absolute atomic E-state index is 0.171. The van der Waals surface area contributed by atoms with E-state index in [1.807, 2.05) is 4.98 Å². The predicted molar refractivity (Wildman–Crippen MR) is 73.0 cm³/mol. The number of aromatic nitrogens is 2. The van der Waals surface area contributed by atoms with Crippen molar-refractivity contribution in [3.05, 3.63) is 38.8 Å². The second-order valence-electron chi connectivity index (χ2n) is 4.06. The number of nitrogens with one attached hydrogen (secondary N) is 1. The van der Waals surface area contributed by atoms with Crippen molar-refractivity contribution in [1.82, 2.24) is 9.97 Å². The first-order valence-electron chi connectivity index (χ1n) is 5.55. The van der Waals surface area contributed by atoms with Crippen molar-refractivity contribution < 1.29 is 27.1 Å². The van der Waals surface area contributed by atoms with E-state index in [-0.39, 0.29) is 16.1 Å². The second kappa shape index (κ2) is 5.88. The summed E-state index contributed by atoms with van der Waals surface area (Å²) in [6, 6.07) is 1.88. The van der Waals surface area contributed by atoms with Gasteiger partial charge >= 0.3 is 12.1 Å². The van der Waals surface area contributed by atoms with E-state index in [9.17, 15) is 22.4 Å². The average Bonchev–Trinajstić information content (AvgIpc) is 2.78. The lowest BCUT2D eigenvalue weighted by Crippen LogP contribution is -2.06. The SMILES string of the molecule is COC(=O)c1cc(F)c(-c2nc(Br)c(C(F)(F)F)[nH]2)c(Cl)c1. The van der Waals surface area contributed by atoms with Gasteiger partial charge in [0.1, 0.15) is 16.2 Å². The zero-order valence-corrected chi connectivity index (χ0v) is 13.0. The lowest BCUT2D eigenvalue weighted by molar-refractivity contribution is -0.141. The summed E-state index contributed by atoms with van der Waals surface area (Å²) >= 11 is 8.49. The minimum Gasteiger partial charge on any atom is -0.465 e. The van der Waals surface area contributed by atoms with Gasteiger partial charge in [-0.3, -0.25) is 0 Å². The van der Waals surface area contributed by atoms with Gasteiger partial charge in [0, 0.05) is 0 Å². The van der Waals surface area contributed by atoms with Gasteiger partial charge in [-0.25, -0.2) is 14.2 Å². The summed E-state index contributed by atoms with van der Waals surface area (Å²) in [4.78, 5) is 16.9. The summed E-state index contributed by atoms with van der Waals surface area (Å²) in [5.41, 5.74) is -1.73. The molecule has 0 radical (unpaired) electrons. The summed E-state index contributed by atoms with van der Waals surface area (Å²) in [5, 5.41) is -0.282. The fraction of sp³-hybridized carbons (Fsp3) is 0.167. The lowest BCUT2D eigenvalue weighted by Gasteiger charge is -2.06. The predicted octanol–water partition coefficient (Wildman–Crippen LogP) is 4.44. The van der Waals surface area contributed by atoms with Crippen LogP contribution >= 0.6 is 27.5 Å². The van der Waals surface area contributed by atoms with Gasteiger partial charge in [-0.15, -0.1) is 0 Å². The molecule has 22 heavy (non-hydrogen) atoms. The Labute approximate surface area is 134 Å². The van der Waals surface area contributed by atoms with Crippen molar-refractivity contribution in [3.8, 4) is 11.4 Å². The number of esters is 1. The van der Waals surface area contributed by atoms with E-state index >= 15 is 0 Å². The van der Waals surface area contributed by atoms with E-state index < -0.39 is 34.1 Å². The molecule has 2 aromatic rings. The molecule has 0 fully saturated rings. The van der Waals surface area contributed by atoms with Crippen LogP contribution in [0.4, 0.5) is 17.6 Å². The highest BCUT2D eigenvalue weighted by Gasteiger charge is 2.37. The Morgan fingerprint density at radius 3 is 2.50 bits per heavy atom. The van der Waals surface area contributed by atoms with Gasteiger partial charge in [0.25, 0.3) is 0 Å². The van der Waals surface area contributed by atoms with Crippen molar-refractivity contribution in [3.63, 3.8) is 0 Å². The maximum absolute atomic E-state index is 14.1. The van der Waals surface area contributed by atoms with Gasteiger partial charge in [-0.1, -0.05) is 11.6 Å². The number of carbonyl (C=O) groups excluding carboxylic acids is 1. The molecular weight excluding hydrogens is 395 g/mol. The van der Waals surface area contributed by atoms with Crippen molar-refractivity contribution in [2.45, 2.75) is 6.18 Å². The Kier molecular flexibility index (Phi) is 4.48. The van der Waals surface area contributed by atoms with Gasteiger partial charge in [0.2, 0.25) is 0 Å². The van der Waals surface area contributed by atoms with E-state index in [1.54, 1.807) is 0 Å². The topological polar surface area (TPSA) is 55.0 Å². The Balaban J connectivity index is 2.57. The largest absolute Gasteiger partial charge is 0.465 e. The first-order chi connectivity index (χ1) is 10.1. The van der Waals surface area contributed by atoms with Crippen LogP contribution in [0.5, 0.6) is 0 Å². The van der Waals surface area contributed by atoms with Crippen LogP contribution in [0.1, 0.15) is 16.1 Å². The molecule has 4 nitrogen and oxygen atoms in total. The molecule has 10 heteroatoms. The van der Waals surface area contributed by atoms with E-state index in [0.717, 1.165) is 19.2 Å². The molecular formula is C12H6BrClF4N2O2. The number of methoxy groups -OCH3 is 1. The molecule has 0 aliphatic rings.